The first-order chi connectivity index (χ1) is 17.0. The molecule has 0 saturated carbocycles. The van der Waals surface area contributed by atoms with Gasteiger partial charge in [-0.25, -0.2) is 4.68 Å². The Bertz CT molecular complexity index is 1120. The Labute approximate surface area is 202 Å². The van der Waals surface area contributed by atoms with Gasteiger partial charge in [-0.05, 0) is 51.2 Å². The Morgan fingerprint density at radius 1 is 1.29 bits per heavy atom. The van der Waals surface area contributed by atoms with E-state index in [-0.39, 0.29) is 31.7 Å². The van der Waals surface area contributed by atoms with Crippen LogP contribution in [0.2, 0.25) is 0 Å². The van der Waals surface area contributed by atoms with Gasteiger partial charge < -0.3 is 24.8 Å². The number of carbonyl (C=O) groups is 3. The van der Waals surface area contributed by atoms with Crippen LogP contribution in [0.3, 0.4) is 0 Å². The molecular weight excluding hydrogens is 454 g/mol. The highest BCUT2D eigenvalue weighted by Crippen LogP contribution is 2.58. The zero-order chi connectivity index (χ0) is 24.6. The van der Waals surface area contributed by atoms with Crippen molar-refractivity contribution in [3.63, 3.8) is 0 Å². The number of nitrogens with zero attached hydrogens (tertiary/aromatic N) is 4. The van der Waals surface area contributed by atoms with Crippen LogP contribution in [0.15, 0.2) is 24.3 Å². The Hall–Kier alpha value is -3.05. The smallest absolute Gasteiger partial charge is 0.312 e. The second-order valence-electron chi connectivity index (χ2n) is 9.40. The van der Waals surface area contributed by atoms with E-state index in [1.165, 1.54) is 0 Å². The minimum absolute atomic E-state index is 0.0754. The van der Waals surface area contributed by atoms with Crippen molar-refractivity contribution < 1.29 is 29.0 Å². The van der Waals surface area contributed by atoms with Gasteiger partial charge in [-0.1, -0.05) is 17.3 Å². The van der Waals surface area contributed by atoms with Crippen molar-refractivity contribution in [2.45, 2.75) is 63.4 Å². The third kappa shape index (κ3) is 3.86. The molecule has 2 amide bonds. The lowest BCUT2D eigenvalue weighted by Gasteiger charge is -2.33. The third-order valence-corrected chi connectivity index (χ3v) is 7.49. The minimum atomic E-state index is -1.05. The van der Waals surface area contributed by atoms with Gasteiger partial charge in [-0.2, -0.15) is 0 Å². The van der Waals surface area contributed by atoms with E-state index in [0.717, 1.165) is 17.5 Å². The first-order valence-corrected chi connectivity index (χ1v) is 12.3. The summed E-state index contributed by atoms with van der Waals surface area (Å²) in [5.41, 5.74) is 0.453. The average Bonchev–Trinajstić information content (AvgIpc) is 3.60. The molecule has 1 spiro atoms. The Balaban J connectivity index is 1.40. The van der Waals surface area contributed by atoms with Crippen LogP contribution in [0.25, 0.3) is 11.0 Å². The largest absolute Gasteiger partial charge is 0.466 e. The molecule has 11 nitrogen and oxygen atoms in total. The van der Waals surface area contributed by atoms with Gasteiger partial charge in [0.25, 0.3) is 0 Å². The molecule has 188 valence electrons. The number of esters is 1. The maximum absolute atomic E-state index is 13.7. The lowest BCUT2D eigenvalue weighted by Crippen LogP contribution is -2.55. The second kappa shape index (κ2) is 9.54. The molecule has 1 aromatic heterocycles. The number of aromatic nitrogens is 3. The van der Waals surface area contributed by atoms with Crippen molar-refractivity contribution in [3.8, 4) is 0 Å². The number of hydrogen-bond donors (Lipinski definition) is 2. The van der Waals surface area contributed by atoms with Crippen LogP contribution in [0, 0.1) is 11.8 Å². The van der Waals surface area contributed by atoms with E-state index >= 15 is 0 Å². The molecule has 0 radical (unpaired) electrons. The highest BCUT2D eigenvalue weighted by atomic mass is 16.6. The first-order valence-electron chi connectivity index (χ1n) is 12.3. The van der Waals surface area contributed by atoms with Gasteiger partial charge in [-0.3, -0.25) is 14.4 Å². The Morgan fingerprint density at radius 3 is 2.91 bits per heavy atom. The molecule has 3 aliphatic heterocycles. The number of benzene rings is 1. The molecule has 3 saturated heterocycles. The minimum Gasteiger partial charge on any atom is -0.466 e. The summed E-state index contributed by atoms with van der Waals surface area (Å²) in [6, 6.07) is 6.60. The van der Waals surface area contributed by atoms with E-state index < -0.39 is 35.6 Å². The van der Waals surface area contributed by atoms with Gasteiger partial charge in [0.1, 0.15) is 23.8 Å². The zero-order valence-electron chi connectivity index (χ0n) is 19.8. The summed E-state index contributed by atoms with van der Waals surface area (Å²) in [5.74, 6) is -2.45. The summed E-state index contributed by atoms with van der Waals surface area (Å²) in [6.07, 6.45) is 2.69. The molecule has 35 heavy (non-hydrogen) atoms. The highest BCUT2D eigenvalue weighted by Gasteiger charge is 2.74. The molecule has 2 unspecified atom stereocenters. The lowest BCUT2D eigenvalue weighted by atomic mass is 9.71. The number of unbranched alkanes of at least 4 members (excludes halogenated alkanes) is 2. The molecule has 0 aliphatic carbocycles. The molecule has 2 bridgehead atoms. The summed E-state index contributed by atoms with van der Waals surface area (Å²) in [6.45, 7) is 2.47. The number of fused-ring (bicyclic) bond motifs is 2. The van der Waals surface area contributed by atoms with Crippen molar-refractivity contribution in [3.05, 3.63) is 24.3 Å². The van der Waals surface area contributed by atoms with E-state index in [1.54, 1.807) is 16.5 Å². The van der Waals surface area contributed by atoms with Crippen LogP contribution in [0.4, 0.5) is 0 Å². The molecule has 3 aliphatic rings. The number of aliphatic hydroxyl groups excluding tert-OH is 1. The summed E-state index contributed by atoms with van der Waals surface area (Å²) in [5, 5.41) is 20.3. The molecule has 1 aromatic carbocycles. The number of aliphatic hydroxyl groups is 1. The number of amides is 2. The van der Waals surface area contributed by atoms with Gasteiger partial charge in [-0.15, -0.1) is 5.10 Å². The van der Waals surface area contributed by atoms with Crippen molar-refractivity contribution in [1.29, 1.82) is 0 Å². The Kier molecular flexibility index (Phi) is 6.45. The quantitative estimate of drug-likeness (QED) is 0.369. The molecule has 2 aromatic rings. The maximum atomic E-state index is 13.7. The number of hydrogen-bond acceptors (Lipinski definition) is 8. The van der Waals surface area contributed by atoms with Crippen molar-refractivity contribution in [2.24, 2.45) is 11.8 Å². The maximum Gasteiger partial charge on any atom is 0.312 e. The molecule has 11 heteroatoms. The van der Waals surface area contributed by atoms with Gasteiger partial charge in [0.15, 0.2) is 0 Å². The summed E-state index contributed by atoms with van der Waals surface area (Å²) >= 11 is 0. The topological polar surface area (TPSA) is 136 Å². The molecule has 2 N–H and O–H groups in total. The standard InChI is InChI=1S/C24H31N5O6/c1-2-34-23(33)18-17-10-11-24(35-17)19(18)22(32)28(12-6-3-7-13-30)20(24)21(31)25-14-29-16-9-5-4-8-15(16)26-27-29/h4-5,8-9,17-20,30H,2-3,6-7,10-14H2,1H3,(H,25,31)/t17-,18+,19+,20?,24?/m1/s1. The van der Waals surface area contributed by atoms with Crippen molar-refractivity contribution >= 4 is 28.8 Å². The van der Waals surface area contributed by atoms with Crippen LogP contribution < -0.4 is 5.32 Å². The summed E-state index contributed by atoms with van der Waals surface area (Å²) in [4.78, 5) is 41.7. The van der Waals surface area contributed by atoms with Gasteiger partial charge >= 0.3 is 5.97 Å². The summed E-state index contributed by atoms with van der Waals surface area (Å²) in [7, 11) is 0. The monoisotopic (exact) mass is 485 g/mol. The number of rotatable bonds is 10. The van der Waals surface area contributed by atoms with Crippen LogP contribution in [0.5, 0.6) is 0 Å². The molecule has 5 atom stereocenters. The molecule has 5 rings (SSSR count). The molecule has 3 fully saturated rings. The van der Waals surface area contributed by atoms with Gasteiger partial charge in [0.2, 0.25) is 11.8 Å². The Morgan fingerprint density at radius 2 is 2.11 bits per heavy atom. The fourth-order valence-corrected chi connectivity index (χ4v) is 6.05. The number of likely N-dealkylation sites (tertiary alicyclic amines) is 1. The number of para-hydroxylation sites is 1. The zero-order valence-corrected chi connectivity index (χ0v) is 19.8. The molecule has 4 heterocycles. The first kappa shape index (κ1) is 23.7. The fourth-order valence-electron chi connectivity index (χ4n) is 6.05. The normalized spacial score (nSPS) is 29.1. The van der Waals surface area contributed by atoms with E-state index in [4.69, 9.17) is 14.6 Å². The van der Waals surface area contributed by atoms with Crippen molar-refractivity contribution in [1.82, 2.24) is 25.2 Å². The third-order valence-electron chi connectivity index (χ3n) is 7.49. The number of ether oxygens (including phenoxy) is 2. The van der Waals surface area contributed by atoms with Gasteiger partial charge in [0, 0.05) is 13.2 Å². The average molecular weight is 486 g/mol. The lowest BCUT2D eigenvalue weighted by molar-refractivity contribution is -0.154. The predicted molar refractivity (Wildman–Crippen MR) is 123 cm³/mol. The van der Waals surface area contributed by atoms with Crippen LogP contribution in [0.1, 0.15) is 39.0 Å². The van der Waals surface area contributed by atoms with Crippen LogP contribution in [-0.4, -0.2) is 80.3 Å². The number of carbonyl (C=O) groups excluding carboxylic acids is 3. The highest BCUT2D eigenvalue weighted by molar-refractivity contribution is 5.98. The van der Waals surface area contributed by atoms with E-state index in [1.807, 2.05) is 24.3 Å². The molecular formula is C24H31N5O6. The van der Waals surface area contributed by atoms with E-state index in [9.17, 15) is 14.4 Å². The number of nitrogens with one attached hydrogen (secondary N) is 1. The van der Waals surface area contributed by atoms with Crippen LogP contribution in [-0.2, 0) is 30.5 Å². The fraction of sp³-hybridized carbons (Fsp3) is 0.625. The predicted octanol–water partition coefficient (Wildman–Crippen LogP) is 0.605. The van der Waals surface area contributed by atoms with Crippen LogP contribution >= 0.6 is 0 Å². The van der Waals surface area contributed by atoms with Crippen molar-refractivity contribution in [2.75, 3.05) is 19.8 Å². The SMILES string of the molecule is CCOC(=O)[C@@H]1[C@H]2C(=O)N(CCCCCO)C(C(=O)NCn3nnc4ccccc43)C23CC[C@H]1O3. The second-order valence-corrected chi connectivity index (χ2v) is 9.40. The van der Waals surface area contributed by atoms with E-state index in [0.29, 0.717) is 32.2 Å². The van der Waals surface area contributed by atoms with E-state index in [2.05, 4.69) is 15.6 Å². The van der Waals surface area contributed by atoms with Gasteiger partial charge in [0.05, 0.1) is 30.1 Å². The summed E-state index contributed by atoms with van der Waals surface area (Å²) < 4.78 is 13.2.